The number of hydrogen-bond acceptors (Lipinski definition) is 4. The van der Waals surface area contributed by atoms with Crippen LogP contribution in [-0.4, -0.2) is 46.4 Å². The highest BCUT2D eigenvalue weighted by atomic mass is 16.2. The number of benzene rings is 1. The maximum atomic E-state index is 13.1. The van der Waals surface area contributed by atoms with Crippen LogP contribution >= 0.6 is 0 Å². The van der Waals surface area contributed by atoms with Gasteiger partial charge in [0, 0.05) is 31.2 Å². The Labute approximate surface area is 174 Å². The van der Waals surface area contributed by atoms with Crippen LogP contribution in [0.3, 0.4) is 0 Å². The average molecular weight is 393 g/mol. The number of hydrogen-bond donors (Lipinski definition) is 1. The molecule has 5 heteroatoms. The summed E-state index contributed by atoms with van der Waals surface area (Å²) in [6.45, 7) is 5.08. The summed E-state index contributed by atoms with van der Waals surface area (Å²) in [7, 11) is 0. The first kappa shape index (κ1) is 20.0. The number of amides is 1. The Hall–Kier alpha value is -2.24. The van der Waals surface area contributed by atoms with Crippen molar-refractivity contribution in [3.63, 3.8) is 0 Å². The van der Waals surface area contributed by atoms with Crippen LogP contribution in [0.2, 0.25) is 0 Å². The first-order valence-corrected chi connectivity index (χ1v) is 11.0. The molecule has 1 amide bonds. The van der Waals surface area contributed by atoms with Crippen LogP contribution < -0.4 is 5.32 Å². The quantitative estimate of drug-likeness (QED) is 0.805. The molecule has 2 aromatic rings. The molecule has 4 rings (SSSR count). The van der Waals surface area contributed by atoms with Gasteiger partial charge in [0.05, 0.1) is 6.04 Å². The van der Waals surface area contributed by atoms with Gasteiger partial charge in [0.15, 0.2) is 0 Å². The fourth-order valence-corrected chi connectivity index (χ4v) is 4.55. The van der Waals surface area contributed by atoms with Gasteiger partial charge in [0.2, 0.25) is 5.91 Å². The molecule has 0 radical (unpaired) electrons. The summed E-state index contributed by atoms with van der Waals surface area (Å²) >= 11 is 0. The van der Waals surface area contributed by atoms with E-state index in [0.29, 0.717) is 0 Å². The van der Waals surface area contributed by atoms with E-state index in [0.717, 1.165) is 50.1 Å². The molecule has 0 bridgehead atoms. The Balaban J connectivity index is 1.38. The van der Waals surface area contributed by atoms with E-state index in [1.54, 1.807) is 6.20 Å². The van der Waals surface area contributed by atoms with Gasteiger partial charge >= 0.3 is 0 Å². The highest BCUT2D eigenvalue weighted by Gasteiger charge is 2.28. The Morgan fingerprint density at radius 2 is 1.79 bits per heavy atom. The van der Waals surface area contributed by atoms with E-state index in [9.17, 15) is 4.79 Å². The summed E-state index contributed by atoms with van der Waals surface area (Å²) in [4.78, 5) is 22.1. The second-order valence-corrected chi connectivity index (χ2v) is 8.37. The van der Waals surface area contributed by atoms with Gasteiger partial charge in [-0.3, -0.25) is 19.6 Å². The molecule has 3 heterocycles. The molecule has 1 atom stereocenters. The lowest BCUT2D eigenvalue weighted by molar-refractivity contribution is -0.122. The molecule has 154 valence electrons. The zero-order valence-electron chi connectivity index (χ0n) is 17.2. The van der Waals surface area contributed by atoms with Crippen molar-refractivity contribution in [2.24, 2.45) is 0 Å². The lowest BCUT2D eigenvalue weighted by Gasteiger charge is -2.34. The molecule has 1 aromatic carbocycles. The Bertz CT molecular complexity index is 788. The van der Waals surface area contributed by atoms with Crippen LogP contribution in [0.5, 0.6) is 0 Å². The number of piperidine rings is 2. The molecule has 0 spiro atoms. The molecule has 2 fully saturated rings. The zero-order valence-corrected chi connectivity index (χ0v) is 17.2. The third-order valence-electron chi connectivity index (χ3n) is 6.07. The predicted octanol–water partition coefficient (Wildman–Crippen LogP) is 4.06. The van der Waals surface area contributed by atoms with Crippen molar-refractivity contribution in [2.75, 3.05) is 25.0 Å². The van der Waals surface area contributed by atoms with Crippen LogP contribution in [0.25, 0.3) is 0 Å². The number of anilines is 1. The number of nitrogens with zero attached hydrogens (tertiary/aromatic N) is 3. The normalized spacial score (nSPS) is 21.0. The first-order valence-electron chi connectivity index (χ1n) is 11.0. The van der Waals surface area contributed by atoms with E-state index in [2.05, 4.69) is 44.4 Å². The van der Waals surface area contributed by atoms with Crippen LogP contribution in [0, 0.1) is 0 Å². The van der Waals surface area contributed by atoms with Gasteiger partial charge in [-0.15, -0.1) is 0 Å². The Kier molecular flexibility index (Phi) is 6.91. The van der Waals surface area contributed by atoms with Crippen LogP contribution in [0.15, 0.2) is 48.8 Å². The minimum Gasteiger partial charge on any atom is -0.325 e. The average Bonchev–Trinajstić information content (AvgIpc) is 2.76. The molecule has 2 saturated heterocycles. The predicted molar refractivity (Wildman–Crippen MR) is 116 cm³/mol. The lowest BCUT2D eigenvalue weighted by Crippen LogP contribution is -2.46. The van der Waals surface area contributed by atoms with E-state index in [-0.39, 0.29) is 11.9 Å². The summed E-state index contributed by atoms with van der Waals surface area (Å²) in [5, 5.41) is 3.19. The minimum absolute atomic E-state index is 0.0743. The van der Waals surface area contributed by atoms with E-state index >= 15 is 0 Å². The van der Waals surface area contributed by atoms with Gasteiger partial charge in [0.1, 0.15) is 0 Å². The Morgan fingerprint density at radius 3 is 2.62 bits per heavy atom. The molecular formula is C24H32N4O. The lowest BCUT2D eigenvalue weighted by atomic mass is 10.0. The second-order valence-electron chi connectivity index (χ2n) is 8.37. The number of carbonyl (C=O) groups is 1. The van der Waals surface area contributed by atoms with Crippen molar-refractivity contribution in [1.82, 2.24) is 14.8 Å². The molecular weight excluding hydrogens is 360 g/mol. The summed E-state index contributed by atoms with van der Waals surface area (Å²) in [5.41, 5.74) is 3.35. The number of nitrogens with one attached hydrogen (secondary N) is 1. The molecule has 0 aliphatic carbocycles. The number of carbonyl (C=O) groups excluding carboxylic acids is 1. The van der Waals surface area contributed by atoms with Crippen molar-refractivity contribution in [3.05, 3.63) is 59.9 Å². The van der Waals surface area contributed by atoms with Gasteiger partial charge in [-0.05, 0) is 74.6 Å². The number of likely N-dealkylation sites (tertiary alicyclic amines) is 2. The van der Waals surface area contributed by atoms with Crippen molar-refractivity contribution >= 4 is 11.6 Å². The number of pyridine rings is 1. The van der Waals surface area contributed by atoms with Crippen molar-refractivity contribution < 1.29 is 4.79 Å². The Morgan fingerprint density at radius 1 is 0.966 bits per heavy atom. The van der Waals surface area contributed by atoms with Crippen molar-refractivity contribution in [3.8, 4) is 0 Å². The summed E-state index contributed by atoms with van der Waals surface area (Å²) < 4.78 is 0. The van der Waals surface area contributed by atoms with Gasteiger partial charge in [-0.2, -0.15) is 0 Å². The standard InChI is InChI=1S/C24H32N4O/c29-24(23-11-2-5-15-28(23)19-21-9-7-12-25-17-21)26-22-10-6-8-20(16-22)18-27-13-3-1-4-14-27/h6-10,12,16-17,23H,1-5,11,13-15,18-19H2,(H,26,29). The minimum atomic E-state index is -0.0743. The van der Waals surface area contributed by atoms with Crippen LogP contribution in [0.4, 0.5) is 5.69 Å². The highest BCUT2D eigenvalue weighted by molar-refractivity contribution is 5.94. The molecule has 1 N–H and O–H groups in total. The van der Waals surface area contributed by atoms with Gasteiger partial charge in [-0.25, -0.2) is 0 Å². The van der Waals surface area contributed by atoms with E-state index in [1.165, 1.54) is 37.9 Å². The highest BCUT2D eigenvalue weighted by Crippen LogP contribution is 2.22. The topological polar surface area (TPSA) is 48.5 Å². The van der Waals surface area contributed by atoms with E-state index in [1.807, 2.05) is 18.3 Å². The molecule has 29 heavy (non-hydrogen) atoms. The van der Waals surface area contributed by atoms with Crippen molar-refractivity contribution in [2.45, 2.75) is 57.7 Å². The zero-order chi connectivity index (χ0) is 19.9. The SMILES string of the molecule is O=C(Nc1cccc(CN2CCCCC2)c1)C1CCCCN1Cc1cccnc1. The second kappa shape index (κ2) is 9.99. The molecule has 5 nitrogen and oxygen atoms in total. The molecule has 0 saturated carbocycles. The van der Waals surface area contributed by atoms with Crippen LogP contribution in [0.1, 0.15) is 49.7 Å². The molecule has 2 aliphatic rings. The molecule has 2 aliphatic heterocycles. The maximum absolute atomic E-state index is 13.1. The van der Waals surface area contributed by atoms with E-state index in [4.69, 9.17) is 0 Å². The van der Waals surface area contributed by atoms with Gasteiger partial charge in [-0.1, -0.05) is 31.0 Å². The molecule has 1 unspecified atom stereocenters. The molecule has 1 aromatic heterocycles. The maximum Gasteiger partial charge on any atom is 0.241 e. The number of aromatic nitrogens is 1. The monoisotopic (exact) mass is 392 g/mol. The fourth-order valence-electron chi connectivity index (χ4n) is 4.55. The van der Waals surface area contributed by atoms with Gasteiger partial charge in [0.25, 0.3) is 0 Å². The largest absolute Gasteiger partial charge is 0.325 e. The number of rotatable bonds is 6. The van der Waals surface area contributed by atoms with Crippen LogP contribution in [-0.2, 0) is 17.9 Å². The smallest absolute Gasteiger partial charge is 0.241 e. The summed E-state index contributed by atoms with van der Waals surface area (Å²) in [6.07, 6.45) is 10.8. The summed E-state index contributed by atoms with van der Waals surface area (Å²) in [5.74, 6) is 0.115. The van der Waals surface area contributed by atoms with Gasteiger partial charge < -0.3 is 5.32 Å². The van der Waals surface area contributed by atoms with E-state index < -0.39 is 0 Å². The summed E-state index contributed by atoms with van der Waals surface area (Å²) in [6, 6.07) is 12.3. The third-order valence-corrected chi connectivity index (χ3v) is 6.07. The first-order chi connectivity index (χ1) is 14.3. The third kappa shape index (κ3) is 5.64. The fraction of sp³-hybridized carbons (Fsp3) is 0.500. The van der Waals surface area contributed by atoms with Crippen molar-refractivity contribution in [1.29, 1.82) is 0 Å².